The van der Waals surface area contributed by atoms with Gasteiger partial charge in [-0.25, -0.2) is 0 Å². The lowest BCUT2D eigenvalue weighted by Crippen LogP contribution is -2.61. The number of hydroxylamine groups is 2. The van der Waals surface area contributed by atoms with Crippen LogP contribution in [0.2, 0.25) is 0 Å². The Labute approximate surface area is 126 Å². The van der Waals surface area contributed by atoms with Gasteiger partial charge in [-0.1, -0.05) is 12.8 Å². The summed E-state index contributed by atoms with van der Waals surface area (Å²) in [7, 11) is 0. The Balaban J connectivity index is 1.91. The van der Waals surface area contributed by atoms with Crippen molar-refractivity contribution < 1.29 is 24.6 Å². The minimum Gasteiger partial charge on any atom is -0.390 e. The molecule has 0 bridgehead atoms. The summed E-state index contributed by atoms with van der Waals surface area (Å²) in [4.78, 5) is 32.1. The Kier molecular flexibility index (Phi) is 4.02. The lowest BCUT2D eigenvalue weighted by Gasteiger charge is -2.26. The predicted molar refractivity (Wildman–Crippen MR) is 70.1 cm³/mol. The third-order valence-corrected chi connectivity index (χ3v) is 4.89. The van der Waals surface area contributed by atoms with Gasteiger partial charge in [-0.15, -0.1) is 0 Å². The van der Waals surface area contributed by atoms with E-state index in [1.54, 1.807) is 0 Å². The van der Waals surface area contributed by atoms with E-state index in [1.165, 1.54) is 0 Å². The monoisotopic (exact) mass is 317 g/mol. The van der Waals surface area contributed by atoms with Crippen molar-refractivity contribution in [3.05, 3.63) is 20.2 Å². The molecule has 124 valence electrons. The Morgan fingerprint density at radius 1 is 1.09 bits per heavy atom. The van der Waals surface area contributed by atoms with Crippen LogP contribution in [0.3, 0.4) is 0 Å². The molecule has 0 spiro atoms. The smallest absolute Gasteiger partial charge is 0.390 e. The van der Waals surface area contributed by atoms with Gasteiger partial charge in [0.2, 0.25) is 0 Å². The molecule has 0 radical (unpaired) electrons. The molecule has 22 heavy (non-hydrogen) atoms. The van der Waals surface area contributed by atoms with Gasteiger partial charge in [-0.2, -0.15) is 0 Å². The largest absolute Gasteiger partial charge is 0.571 e. The zero-order valence-corrected chi connectivity index (χ0v) is 12.0. The van der Waals surface area contributed by atoms with Crippen molar-refractivity contribution in [3.8, 4) is 0 Å². The Hall–Kier alpha value is -1.36. The van der Waals surface area contributed by atoms with E-state index in [0.29, 0.717) is 43.8 Å². The van der Waals surface area contributed by atoms with E-state index >= 15 is 0 Å². The van der Waals surface area contributed by atoms with Gasteiger partial charge in [0.1, 0.15) is 22.1 Å². The molecule has 0 aromatic rings. The van der Waals surface area contributed by atoms with Crippen LogP contribution < -0.4 is 0 Å². The van der Waals surface area contributed by atoms with Gasteiger partial charge in [0.15, 0.2) is 5.92 Å². The minimum absolute atomic E-state index is 0.347. The number of rotatable bonds is 4. The third-order valence-electron chi connectivity index (χ3n) is 4.89. The van der Waals surface area contributed by atoms with Crippen LogP contribution in [-0.4, -0.2) is 44.3 Å². The lowest BCUT2D eigenvalue weighted by atomic mass is 9.83. The van der Waals surface area contributed by atoms with Crippen LogP contribution in [0.15, 0.2) is 0 Å². The van der Waals surface area contributed by atoms with Gasteiger partial charge in [-0.05, 0) is 32.1 Å². The van der Waals surface area contributed by atoms with Crippen LogP contribution >= 0.6 is 0 Å². The molecule has 0 aromatic heterocycles. The van der Waals surface area contributed by atoms with Gasteiger partial charge in [0.25, 0.3) is 0 Å². The van der Waals surface area contributed by atoms with E-state index < -0.39 is 39.9 Å². The highest BCUT2D eigenvalue weighted by Crippen LogP contribution is 2.46. The second kappa shape index (κ2) is 5.69. The minimum atomic E-state index is -2.63. The second-order valence-corrected chi connectivity index (χ2v) is 6.14. The fourth-order valence-electron chi connectivity index (χ4n) is 3.73. The molecule has 10 nitrogen and oxygen atoms in total. The summed E-state index contributed by atoms with van der Waals surface area (Å²) in [6, 6.07) is 0. The maximum absolute atomic E-state index is 11.6. The number of aliphatic hydroxyl groups excluding tert-OH is 1. The van der Waals surface area contributed by atoms with Crippen molar-refractivity contribution >= 4 is 0 Å². The first-order chi connectivity index (χ1) is 10.5. The quantitative estimate of drug-likeness (QED) is 0.459. The van der Waals surface area contributed by atoms with Crippen LogP contribution in [0.4, 0.5) is 0 Å². The topological polar surface area (TPSA) is 128 Å². The van der Waals surface area contributed by atoms with Crippen molar-refractivity contribution in [2.45, 2.75) is 69.0 Å². The highest BCUT2D eigenvalue weighted by atomic mass is 17.0. The molecule has 2 saturated carbocycles. The molecule has 4 atom stereocenters. The fraction of sp³-hybridized carbons (Fsp3) is 1.00. The molecule has 1 heterocycles. The molecule has 2 aliphatic carbocycles. The van der Waals surface area contributed by atoms with Crippen LogP contribution in [0, 0.1) is 26.1 Å². The van der Waals surface area contributed by atoms with Gasteiger partial charge >= 0.3 is 5.79 Å². The van der Waals surface area contributed by atoms with Gasteiger partial charge < -0.3 is 5.11 Å². The molecular formula is C12H19N3O7. The molecule has 10 heteroatoms. The van der Waals surface area contributed by atoms with E-state index in [9.17, 15) is 25.3 Å². The first-order valence-corrected chi connectivity index (χ1v) is 7.58. The van der Waals surface area contributed by atoms with Crippen LogP contribution in [0.1, 0.15) is 44.9 Å². The highest BCUT2D eigenvalue weighted by molar-refractivity contribution is 4.89. The van der Waals surface area contributed by atoms with E-state index in [2.05, 4.69) is 0 Å². The van der Waals surface area contributed by atoms with Crippen LogP contribution in [-0.2, 0) is 9.68 Å². The zero-order valence-electron chi connectivity index (χ0n) is 12.0. The van der Waals surface area contributed by atoms with Crippen LogP contribution in [0.25, 0.3) is 0 Å². The van der Waals surface area contributed by atoms with Gasteiger partial charge in [0.05, 0.1) is 11.3 Å². The first kappa shape index (κ1) is 15.5. The molecule has 3 rings (SSSR count). The van der Waals surface area contributed by atoms with Gasteiger partial charge in [0, 0.05) is 0 Å². The van der Waals surface area contributed by atoms with Crippen molar-refractivity contribution in [1.29, 1.82) is 0 Å². The number of hydrogen-bond acceptors (Lipinski definition) is 8. The summed E-state index contributed by atoms with van der Waals surface area (Å²) in [6.07, 6.45) is 1.99. The van der Waals surface area contributed by atoms with Crippen molar-refractivity contribution in [2.24, 2.45) is 5.92 Å². The molecule has 1 N–H and O–H groups in total. The molecule has 0 aromatic carbocycles. The first-order valence-electron chi connectivity index (χ1n) is 7.58. The van der Waals surface area contributed by atoms with Crippen molar-refractivity contribution in [3.63, 3.8) is 0 Å². The SMILES string of the molecule is O=[N+]([O-])C1([N+](=O)[O-])C2CCCCC2ON1O[C@H]1CCC[C@@H]1O. The summed E-state index contributed by atoms with van der Waals surface area (Å²) in [6.45, 7) is 0. The average Bonchev–Trinajstić information content (AvgIpc) is 3.01. The summed E-state index contributed by atoms with van der Waals surface area (Å²) in [5.74, 6) is -3.49. The second-order valence-electron chi connectivity index (χ2n) is 6.14. The van der Waals surface area contributed by atoms with Crippen molar-refractivity contribution in [1.82, 2.24) is 5.23 Å². The lowest BCUT2D eigenvalue weighted by molar-refractivity contribution is -0.859. The number of hydrogen-bond donors (Lipinski definition) is 1. The molecule has 1 aliphatic heterocycles. The number of aliphatic hydroxyl groups is 1. The Bertz CT molecular complexity index is 460. The third kappa shape index (κ3) is 2.18. The molecule has 1 saturated heterocycles. The number of nitrogens with zero attached hydrogens (tertiary/aromatic N) is 3. The standard InChI is InChI=1S/C12H19N3O7/c16-9-5-3-7-11(9)22-15-12(13(17)18,14(19)20)8-4-1-2-6-10(8)21-15/h8-11,16H,1-7H2/t8?,9-,10?,11-/m0/s1. The molecule has 3 fully saturated rings. The maximum Gasteiger partial charge on any atom is 0.571 e. The maximum atomic E-state index is 11.6. The molecule has 0 amide bonds. The summed E-state index contributed by atoms with van der Waals surface area (Å²) < 4.78 is 0. The molecular weight excluding hydrogens is 298 g/mol. The summed E-state index contributed by atoms with van der Waals surface area (Å²) in [5, 5.41) is 33.4. The van der Waals surface area contributed by atoms with Crippen LogP contribution in [0.5, 0.6) is 0 Å². The Morgan fingerprint density at radius 2 is 1.77 bits per heavy atom. The van der Waals surface area contributed by atoms with Crippen molar-refractivity contribution in [2.75, 3.05) is 0 Å². The van der Waals surface area contributed by atoms with E-state index in [4.69, 9.17) is 9.68 Å². The number of nitro groups is 2. The average molecular weight is 317 g/mol. The van der Waals surface area contributed by atoms with Gasteiger partial charge in [-0.3, -0.25) is 29.9 Å². The normalized spacial score (nSPS) is 37.9. The molecule has 3 aliphatic rings. The summed E-state index contributed by atoms with van der Waals surface area (Å²) >= 11 is 0. The number of fused-ring (bicyclic) bond motifs is 1. The van der Waals surface area contributed by atoms with E-state index in [1.807, 2.05) is 0 Å². The highest BCUT2D eigenvalue weighted by Gasteiger charge is 2.78. The van der Waals surface area contributed by atoms with E-state index in [0.717, 1.165) is 6.42 Å². The fourth-order valence-corrected chi connectivity index (χ4v) is 3.73. The zero-order chi connectivity index (χ0) is 15.9. The predicted octanol–water partition coefficient (Wildman–Crippen LogP) is 0.845. The Morgan fingerprint density at radius 3 is 2.36 bits per heavy atom. The summed E-state index contributed by atoms with van der Waals surface area (Å²) in [5.41, 5.74) is 0. The van der Waals surface area contributed by atoms with E-state index in [-0.39, 0.29) is 0 Å². The molecule has 2 unspecified atom stereocenters.